The van der Waals surface area contributed by atoms with E-state index >= 15 is 0 Å². The Morgan fingerprint density at radius 3 is 2.80 bits per heavy atom. The SMILES string of the molecule is COC1(Nc2ccc(Cl)cc2F)N=CNc2cc(OCc3ccnc(C)c3)ccc21. The van der Waals surface area contributed by atoms with Crippen molar-refractivity contribution in [3.05, 3.63) is 82.4 Å². The molecule has 154 valence electrons. The van der Waals surface area contributed by atoms with E-state index in [9.17, 15) is 4.39 Å². The summed E-state index contributed by atoms with van der Waals surface area (Å²) in [6, 6.07) is 13.8. The Bertz CT molecular complexity index is 1110. The molecule has 1 atom stereocenters. The third kappa shape index (κ3) is 4.08. The minimum Gasteiger partial charge on any atom is -0.489 e. The average molecular weight is 427 g/mol. The van der Waals surface area contributed by atoms with Crippen LogP contribution in [0, 0.1) is 12.7 Å². The summed E-state index contributed by atoms with van der Waals surface area (Å²) in [6.45, 7) is 2.35. The highest BCUT2D eigenvalue weighted by molar-refractivity contribution is 6.30. The van der Waals surface area contributed by atoms with Crippen molar-refractivity contribution in [2.45, 2.75) is 19.4 Å². The van der Waals surface area contributed by atoms with Gasteiger partial charge in [0.05, 0.1) is 23.3 Å². The largest absolute Gasteiger partial charge is 0.489 e. The highest BCUT2D eigenvalue weighted by Gasteiger charge is 2.36. The zero-order valence-corrected chi connectivity index (χ0v) is 17.2. The monoisotopic (exact) mass is 426 g/mol. The van der Waals surface area contributed by atoms with Gasteiger partial charge in [-0.2, -0.15) is 0 Å². The number of pyridine rings is 1. The molecule has 0 spiro atoms. The lowest BCUT2D eigenvalue weighted by atomic mass is 10.1. The first-order valence-corrected chi connectivity index (χ1v) is 9.64. The molecule has 1 aliphatic rings. The van der Waals surface area contributed by atoms with Crippen LogP contribution in [0.15, 0.2) is 59.7 Å². The summed E-state index contributed by atoms with van der Waals surface area (Å²) in [5, 5.41) is 6.44. The van der Waals surface area contributed by atoms with Crippen LogP contribution in [0.25, 0.3) is 0 Å². The molecule has 1 aliphatic heterocycles. The number of halogens is 2. The van der Waals surface area contributed by atoms with Gasteiger partial charge < -0.3 is 20.1 Å². The van der Waals surface area contributed by atoms with Crippen LogP contribution < -0.4 is 15.4 Å². The van der Waals surface area contributed by atoms with Crippen molar-refractivity contribution < 1.29 is 13.9 Å². The number of ether oxygens (including phenoxy) is 2. The van der Waals surface area contributed by atoms with Crippen LogP contribution in [-0.4, -0.2) is 18.4 Å². The van der Waals surface area contributed by atoms with Gasteiger partial charge >= 0.3 is 0 Å². The predicted octanol–water partition coefficient (Wildman–Crippen LogP) is 5.08. The first-order chi connectivity index (χ1) is 14.5. The molecule has 8 heteroatoms. The molecule has 1 unspecified atom stereocenters. The Hall–Kier alpha value is -3.16. The number of hydrogen-bond acceptors (Lipinski definition) is 6. The maximum atomic E-state index is 14.3. The number of benzene rings is 2. The molecule has 2 heterocycles. The third-order valence-corrected chi connectivity index (χ3v) is 4.95. The van der Waals surface area contributed by atoms with Gasteiger partial charge in [-0.15, -0.1) is 0 Å². The van der Waals surface area contributed by atoms with Crippen molar-refractivity contribution in [1.82, 2.24) is 4.98 Å². The van der Waals surface area contributed by atoms with Gasteiger partial charge in [0.1, 0.15) is 18.2 Å². The van der Waals surface area contributed by atoms with E-state index in [-0.39, 0.29) is 5.69 Å². The van der Waals surface area contributed by atoms with E-state index in [2.05, 4.69) is 20.6 Å². The Morgan fingerprint density at radius 2 is 2.03 bits per heavy atom. The number of nitrogens with one attached hydrogen (secondary N) is 2. The molecule has 0 bridgehead atoms. The number of nitrogens with zero attached hydrogens (tertiary/aromatic N) is 2. The fourth-order valence-corrected chi connectivity index (χ4v) is 3.40. The van der Waals surface area contributed by atoms with Crippen LogP contribution in [0.5, 0.6) is 5.75 Å². The summed E-state index contributed by atoms with van der Waals surface area (Å²) in [4.78, 5) is 8.58. The first kappa shape index (κ1) is 20.1. The highest BCUT2D eigenvalue weighted by Crippen LogP contribution is 2.38. The molecule has 0 saturated heterocycles. The molecule has 2 aromatic carbocycles. The number of aryl methyl sites for hydroxylation is 1. The number of hydrogen-bond donors (Lipinski definition) is 2. The lowest BCUT2D eigenvalue weighted by molar-refractivity contribution is 0.0188. The Morgan fingerprint density at radius 1 is 1.17 bits per heavy atom. The van der Waals surface area contributed by atoms with Crippen molar-refractivity contribution in [2.24, 2.45) is 4.99 Å². The van der Waals surface area contributed by atoms with Gasteiger partial charge in [0.2, 0.25) is 0 Å². The lowest BCUT2D eigenvalue weighted by Gasteiger charge is -2.34. The van der Waals surface area contributed by atoms with Gasteiger partial charge in [-0.05, 0) is 55.0 Å². The van der Waals surface area contributed by atoms with Gasteiger partial charge in [-0.25, -0.2) is 9.38 Å². The quantitative estimate of drug-likeness (QED) is 0.538. The maximum absolute atomic E-state index is 14.3. The van der Waals surface area contributed by atoms with E-state index in [1.165, 1.54) is 19.5 Å². The van der Waals surface area contributed by atoms with Gasteiger partial charge in [0.15, 0.2) is 0 Å². The first-order valence-electron chi connectivity index (χ1n) is 9.26. The number of fused-ring (bicyclic) bond motifs is 1. The second-order valence-electron chi connectivity index (χ2n) is 6.80. The standard InChI is InChI=1S/C22H20ClFN4O2/c1-14-9-15(7-8-25-14)12-30-17-4-5-18-21(11-17)26-13-27-22(18,29-2)28-20-6-3-16(23)10-19(20)24/h3-11,13,28H,12H2,1-2H3,(H,26,27). The van der Waals surface area contributed by atoms with Gasteiger partial charge in [0, 0.05) is 30.1 Å². The molecular formula is C22H20ClFN4O2. The average Bonchev–Trinajstić information content (AvgIpc) is 2.74. The number of methoxy groups -OCH3 is 1. The number of aliphatic imine (C=N–C) groups is 1. The summed E-state index contributed by atoms with van der Waals surface area (Å²) >= 11 is 5.85. The Balaban J connectivity index is 1.59. The van der Waals surface area contributed by atoms with E-state index in [0.29, 0.717) is 22.9 Å². The summed E-state index contributed by atoms with van der Waals surface area (Å²) in [5.41, 5.74) is 3.61. The lowest BCUT2D eigenvalue weighted by Crippen LogP contribution is -2.39. The van der Waals surface area contributed by atoms with Gasteiger partial charge in [0.25, 0.3) is 5.85 Å². The van der Waals surface area contributed by atoms with Crippen LogP contribution in [0.3, 0.4) is 0 Å². The molecule has 0 radical (unpaired) electrons. The summed E-state index contributed by atoms with van der Waals surface area (Å²) in [5.74, 6) is -1.12. The molecule has 2 N–H and O–H groups in total. The molecule has 0 saturated carbocycles. The van der Waals surface area contributed by atoms with E-state index in [0.717, 1.165) is 16.9 Å². The topological polar surface area (TPSA) is 67.8 Å². The maximum Gasteiger partial charge on any atom is 0.267 e. The molecule has 3 aromatic rings. The smallest absolute Gasteiger partial charge is 0.267 e. The molecule has 6 nitrogen and oxygen atoms in total. The Labute approximate surface area is 178 Å². The normalized spacial score (nSPS) is 17.2. The molecular weight excluding hydrogens is 407 g/mol. The van der Waals surface area contributed by atoms with Gasteiger partial charge in [-0.1, -0.05) is 11.6 Å². The fraction of sp³-hybridized carbons (Fsp3) is 0.182. The summed E-state index contributed by atoms with van der Waals surface area (Å²) in [7, 11) is 1.50. The van der Waals surface area contributed by atoms with Crippen LogP contribution in [0.1, 0.15) is 16.8 Å². The minimum atomic E-state index is -1.30. The van der Waals surface area contributed by atoms with Crippen LogP contribution in [0.4, 0.5) is 15.8 Å². The van der Waals surface area contributed by atoms with E-state index in [4.69, 9.17) is 21.1 Å². The van der Waals surface area contributed by atoms with Crippen LogP contribution >= 0.6 is 11.6 Å². The molecule has 0 aliphatic carbocycles. The molecule has 4 rings (SSSR count). The van der Waals surface area contributed by atoms with E-state index in [1.54, 1.807) is 18.3 Å². The zero-order valence-electron chi connectivity index (χ0n) is 16.4. The van der Waals surface area contributed by atoms with Crippen molar-refractivity contribution in [1.29, 1.82) is 0 Å². The second-order valence-corrected chi connectivity index (χ2v) is 7.24. The van der Waals surface area contributed by atoms with Crippen LogP contribution in [-0.2, 0) is 17.2 Å². The molecule has 1 aromatic heterocycles. The molecule has 0 fully saturated rings. The molecule has 0 amide bonds. The number of rotatable bonds is 6. The summed E-state index contributed by atoms with van der Waals surface area (Å²) < 4.78 is 25.9. The van der Waals surface area contributed by atoms with E-state index < -0.39 is 11.7 Å². The minimum absolute atomic E-state index is 0.222. The van der Waals surface area contributed by atoms with Crippen molar-refractivity contribution >= 4 is 29.3 Å². The van der Waals surface area contributed by atoms with Crippen LogP contribution in [0.2, 0.25) is 5.02 Å². The summed E-state index contributed by atoms with van der Waals surface area (Å²) in [6.07, 6.45) is 3.26. The Kier molecular flexibility index (Phi) is 5.57. The fourth-order valence-electron chi connectivity index (χ4n) is 3.24. The predicted molar refractivity (Wildman–Crippen MR) is 116 cm³/mol. The number of anilines is 2. The van der Waals surface area contributed by atoms with Crippen molar-refractivity contribution in [2.75, 3.05) is 17.7 Å². The third-order valence-electron chi connectivity index (χ3n) is 4.72. The van der Waals surface area contributed by atoms with Crippen molar-refractivity contribution in [3.63, 3.8) is 0 Å². The molecule has 30 heavy (non-hydrogen) atoms. The number of aromatic nitrogens is 1. The second kappa shape index (κ2) is 8.30. The van der Waals surface area contributed by atoms with Gasteiger partial charge in [-0.3, -0.25) is 4.98 Å². The van der Waals surface area contributed by atoms with Crippen molar-refractivity contribution in [3.8, 4) is 5.75 Å². The van der Waals surface area contributed by atoms with E-state index in [1.807, 2.05) is 37.3 Å². The zero-order chi connectivity index (χ0) is 21.1. The highest BCUT2D eigenvalue weighted by atomic mass is 35.5.